The number of carbonyl (C=O) groups is 2. The third-order valence-corrected chi connectivity index (χ3v) is 6.95. The molecule has 0 aliphatic carbocycles. The number of likely N-dealkylation sites (N-methyl/N-ethyl adjacent to an activating group) is 2. The Labute approximate surface area is 248 Å². The van der Waals surface area contributed by atoms with E-state index in [2.05, 4.69) is 42.0 Å². The lowest BCUT2D eigenvalue weighted by molar-refractivity contribution is -0.939. The fraction of sp³-hybridized carbons (Fsp3) is 0.933. The molecule has 0 bridgehead atoms. The second kappa shape index (κ2) is 26.7. The summed E-state index contributed by atoms with van der Waals surface area (Å²) >= 11 is 0. The van der Waals surface area contributed by atoms with Crippen LogP contribution in [0.5, 0.6) is 0 Å². The van der Waals surface area contributed by atoms with E-state index < -0.39 is 0 Å². The molecule has 0 rings (SSSR count). The van der Waals surface area contributed by atoms with Crippen molar-refractivity contribution in [2.24, 2.45) is 0 Å². The van der Waals surface area contributed by atoms with Gasteiger partial charge in [0.1, 0.15) is 13.1 Å². The molecule has 0 spiro atoms. The largest absolute Gasteiger partial charge is 0.462 e. The lowest BCUT2D eigenvalue weighted by Crippen LogP contribution is -2.54. The number of ether oxygens (including phenoxy) is 2. The van der Waals surface area contributed by atoms with Gasteiger partial charge in [-0.25, -0.2) is 9.59 Å². The normalized spacial score (nSPS) is 11.4. The Balaban J connectivity index is -0.00000612. The Morgan fingerprint density at radius 3 is 1.03 bits per heavy atom. The molecule has 0 atom stereocenters. The molecule has 0 aromatic rings. The van der Waals surface area contributed by atoms with E-state index in [1.807, 2.05) is 0 Å². The van der Waals surface area contributed by atoms with Gasteiger partial charge in [-0.3, -0.25) is 0 Å². The number of nitrogens with zero attached hydrogens (tertiary/aromatic N) is 2. The Hall–Kier alpha value is -0.560. The van der Waals surface area contributed by atoms with Gasteiger partial charge in [-0.05, 0) is 12.8 Å². The lowest BCUT2D eigenvalue weighted by Gasteiger charge is -2.34. The van der Waals surface area contributed by atoms with Crippen LogP contribution in [0.25, 0.3) is 0 Å². The topological polar surface area (TPSA) is 52.6 Å². The van der Waals surface area contributed by atoms with E-state index in [9.17, 15) is 9.59 Å². The summed E-state index contributed by atoms with van der Waals surface area (Å²) in [6.45, 7) is 7.85. The molecule has 6 nitrogen and oxygen atoms in total. The van der Waals surface area contributed by atoms with E-state index >= 15 is 0 Å². The van der Waals surface area contributed by atoms with Gasteiger partial charge in [0.25, 0.3) is 0 Å². The van der Waals surface area contributed by atoms with Gasteiger partial charge in [0.05, 0.1) is 41.4 Å². The minimum Gasteiger partial charge on any atom is -0.462 e. The maximum atomic E-state index is 12.3. The first-order valence-corrected chi connectivity index (χ1v) is 15.1. The predicted octanol–water partition coefficient (Wildman–Crippen LogP) is 7.35. The molecule has 0 saturated heterocycles. The molecule has 0 radical (unpaired) electrons. The molecule has 0 aromatic carbocycles. The van der Waals surface area contributed by atoms with E-state index in [1.54, 1.807) is 0 Å². The average Bonchev–Trinajstić information content (AvgIpc) is 2.80. The van der Waals surface area contributed by atoms with Crippen molar-refractivity contribution in [1.29, 1.82) is 0 Å². The number of rotatable bonds is 25. The van der Waals surface area contributed by atoms with Gasteiger partial charge in [-0.2, -0.15) is 0 Å². The molecule has 0 aliphatic heterocycles. The standard InChI is InChI=1S/C30H62N2O4.2ClH/c1-7-9-11-13-15-17-19-21-25-35-29(33)27-31(3,4)23-24-32(5,6)28-30(34)36-26-22-20-18-16-14-12-10-8-2;;/h7-28H2,1-6H3;2*1H/q+2;;. The van der Waals surface area contributed by atoms with E-state index in [4.69, 9.17) is 9.47 Å². The van der Waals surface area contributed by atoms with E-state index in [0.717, 1.165) is 38.8 Å². The molecule has 0 amide bonds. The smallest absolute Gasteiger partial charge is 0.361 e. The van der Waals surface area contributed by atoms with Crippen LogP contribution in [0.1, 0.15) is 117 Å². The number of esters is 2. The molecule has 0 heterocycles. The highest BCUT2D eigenvalue weighted by molar-refractivity contribution is 5.85. The molecule has 38 heavy (non-hydrogen) atoms. The van der Waals surface area contributed by atoms with Gasteiger partial charge in [0.2, 0.25) is 0 Å². The van der Waals surface area contributed by atoms with Crippen LogP contribution >= 0.6 is 24.8 Å². The third-order valence-electron chi connectivity index (χ3n) is 6.95. The first-order chi connectivity index (χ1) is 17.1. The lowest BCUT2D eigenvalue weighted by atomic mass is 10.1. The zero-order chi connectivity index (χ0) is 27.1. The maximum Gasteiger partial charge on any atom is 0.361 e. The second-order valence-electron chi connectivity index (χ2n) is 12.0. The summed E-state index contributed by atoms with van der Waals surface area (Å²) in [5.41, 5.74) is 0. The highest BCUT2D eigenvalue weighted by atomic mass is 35.5. The predicted molar refractivity (Wildman–Crippen MR) is 165 cm³/mol. The summed E-state index contributed by atoms with van der Waals surface area (Å²) < 4.78 is 12.1. The van der Waals surface area contributed by atoms with E-state index in [1.165, 1.54) is 77.0 Å². The quantitative estimate of drug-likeness (QED) is 0.0637. The molecule has 0 saturated carbocycles. The van der Waals surface area contributed by atoms with Crippen molar-refractivity contribution >= 4 is 36.8 Å². The summed E-state index contributed by atoms with van der Waals surface area (Å²) in [5, 5.41) is 0. The number of unbranched alkanes of at least 4 members (excludes halogenated alkanes) is 14. The number of hydrogen-bond acceptors (Lipinski definition) is 4. The number of carbonyl (C=O) groups excluding carboxylic acids is 2. The molecule has 0 fully saturated rings. The molecule has 8 heteroatoms. The zero-order valence-electron chi connectivity index (χ0n) is 25.9. The molecule has 0 unspecified atom stereocenters. The Morgan fingerprint density at radius 2 is 0.737 bits per heavy atom. The van der Waals surface area contributed by atoms with Crippen molar-refractivity contribution in [3.05, 3.63) is 0 Å². The highest BCUT2D eigenvalue weighted by Gasteiger charge is 2.28. The number of quaternary nitrogens is 2. The van der Waals surface area contributed by atoms with Crippen LogP contribution < -0.4 is 0 Å². The first kappa shape index (κ1) is 41.9. The molecule has 0 N–H and O–H groups in total. The van der Waals surface area contributed by atoms with E-state index in [0.29, 0.717) is 35.3 Å². The Bertz CT molecular complexity index is 512. The zero-order valence-corrected chi connectivity index (χ0v) is 27.5. The molecule has 0 aliphatic rings. The fourth-order valence-corrected chi connectivity index (χ4v) is 4.33. The highest BCUT2D eigenvalue weighted by Crippen LogP contribution is 2.10. The SMILES string of the molecule is CCCCCCCCCCOC(=O)C[N+](C)(C)CC[N+](C)(C)CC(=O)OCCCCCCCCCC.Cl.Cl. The van der Waals surface area contributed by atoms with Crippen LogP contribution in [-0.2, 0) is 19.1 Å². The molecule has 230 valence electrons. The van der Waals surface area contributed by atoms with Crippen molar-refractivity contribution in [3.8, 4) is 0 Å². The van der Waals surface area contributed by atoms with Crippen molar-refractivity contribution in [3.63, 3.8) is 0 Å². The monoisotopic (exact) mass is 586 g/mol. The van der Waals surface area contributed by atoms with Crippen LogP contribution in [0.15, 0.2) is 0 Å². The van der Waals surface area contributed by atoms with Gasteiger partial charge in [0, 0.05) is 0 Å². The van der Waals surface area contributed by atoms with Crippen molar-refractivity contribution < 1.29 is 28.0 Å². The van der Waals surface area contributed by atoms with Crippen molar-refractivity contribution in [2.45, 2.75) is 117 Å². The van der Waals surface area contributed by atoms with Crippen LogP contribution in [0, 0.1) is 0 Å². The molecule has 0 aromatic heterocycles. The number of hydrogen-bond donors (Lipinski definition) is 0. The Kier molecular flexibility index (Phi) is 29.4. The molecular weight excluding hydrogens is 523 g/mol. The van der Waals surface area contributed by atoms with Crippen LogP contribution in [0.3, 0.4) is 0 Å². The summed E-state index contributed by atoms with van der Waals surface area (Å²) in [6, 6.07) is 0. The second-order valence-corrected chi connectivity index (χ2v) is 12.0. The van der Waals surface area contributed by atoms with E-state index in [-0.39, 0.29) is 36.8 Å². The maximum absolute atomic E-state index is 12.3. The van der Waals surface area contributed by atoms with Gasteiger partial charge >= 0.3 is 11.9 Å². The Morgan fingerprint density at radius 1 is 0.474 bits per heavy atom. The van der Waals surface area contributed by atoms with Crippen LogP contribution in [0.4, 0.5) is 0 Å². The van der Waals surface area contributed by atoms with Gasteiger partial charge < -0.3 is 18.4 Å². The minimum atomic E-state index is -0.127. The third kappa shape index (κ3) is 28.4. The van der Waals surface area contributed by atoms with Crippen LogP contribution in [0.2, 0.25) is 0 Å². The van der Waals surface area contributed by atoms with Gasteiger partial charge in [-0.15, -0.1) is 24.8 Å². The van der Waals surface area contributed by atoms with Crippen molar-refractivity contribution in [1.82, 2.24) is 0 Å². The van der Waals surface area contributed by atoms with Gasteiger partial charge in [-0.1, -0.05) is 104 Å². The summed E-state index contributed by atoms with van der Waals surface area (Å²) in [5.74, 6) is -0.254. The number of halogens is 2. The van der Waals surface area contributed by atoms with Crippen molar-refractivity contribution in [2.75, 3.05) is 67.6 Å². The average molecular weight is 588 g/mol. The summed E-state index contributed by atoms with van der Waals surface area (Å²) in [7, 11) is 8.21. The minimum absolute atomic E-state index is 0. The summed E-state index contributed by atoms with van der Waals surface area (Å²) in [6.07, 6.45) is 19.8. The van der Waals surface area contributed by atoms with Gasteiger partial charge in [0.15, 0.2) is 13.1 Å². The molecular formula is C30H64Cl2N2O4+2. The first-order valence-electron chi connectivity index (χ1n) is 15.1. The van der Waals surface area contributed by atoms with Crippen LogP contribution in [-0.4, -0.2) is 88.5 Å². The summed E-state index contributed by atoms with van der Waals surface area (Å²) in [4.78, 5) is 24.6. The fourth-order valence-electron chi connectivity index (χ4n) is 4.33.